The molecule has 116 valence electrons. The number of nitrogens with zero attached hydrogens (tertiary/aromatic N) is 1. The van der Waals surface area contributed by atoms with E-state index < -0.39 is 0 Å². The average Bonchev–Trinajstić information content (AvgIpc) is 2.60. The summed E-state index contributed by atoms with van der Waals surface area (Å²) in [6.07, 6.45) is 3.14. The quantitative estimate of drug-likeness (QED) is 0.526. The lowest BCUT2D eigenvalue weighted by atomic mass is 10.2. The number of anilines is 1. The van der Waals surface area contributed by atoms with Crippen LogP contribution < -0.4 is 5.32 Å². The number of nitrogens with one attached hydrogen (secondary N) is 1. The largest absolute Gasteiger partial charge is 0.325 e. The molecule has 4 heteroatoms. The third-order valence-corrected chi connectivity index (χ3v) is 4.58. The van der Waals surface area contributed by atoms with Crippen LogP contribution in [0.3, 0.4) is 0 Å². The molecule has 0 unspecified atom stereocenters. The number of carbonyl (C=O) groups is 1. The molecule has 0 atom stereocenters. The Hall–Kier alpha value is -2.33. The van der Waals surface area contributed by atoms with Crippen molar-refractivity contribution in [2.75, 3.05) is 11.1 Å². The number of pyridine rings is 1. The third-order valence-electron chi connectivity index (χ3n) is 3.48. The first kappa shape index (κ1) is 15.6. The van der Waals surface area contributed by atoms with Gasteiger partial charge < -0.3 is 5.32 Å². The Labute approximate surface area is 140 Å². The van der Waals surface area contributed by atoms with Crippen molar-refractivity contribution in [3.8, 4) is 0 Å². The summed E-state index contributed by atoms with van der Waals surface area (Å²) in [5.74, 6) is 0.990. The Morgan fingerprint density at radius 2 is 1.87 bits per heavy atom. The number of thioether (sulfide) groups is 1. The van der Waals surface area contributed by atoms with E-state index >= 15 is 0 Å². The number of aromatic nitrogens is 1. The molecule has 0 saturated carbocycles. The zero-order valence-corrected chi connectivity index (χ0v) is 13.6. The molecule has 0 fully saturated rings. The molecule has 0 saturated heterocycles. The Bertz CT molecular complexity index is 784. The normalized spacial score (nSPS) is 10.6. The molecule has 3 aromatic rings. The fraction of sp³-hybridized carbons (Fsp3) is 0.158. The fourth-order valence-corrected chi connectivity index (χ4v) is 3.24. The van der Waals surface area contributed by atoms with Crippen molar-refractivity contribution in [2.45, 2.75) is 17.7 Å². The standard InChI is InChI=1S/C19H18N2OS/c22-19(12-6-14-23-15-7-2-1-3-8-15)21-18-11-4-10-17-16(18)9-5-13-20-17/h1-5,7-11,13H,6,12,14H2,(H,21,22). The monoisotopic (exact) mass is 322 g/mol. The minimum absolute atomic E-state index is 0.0509. The highest BCUT2D eigenvalue weighted by molar-refractivity contribution is 7.99. The second-order valence-corrected chi connectivity index (χ2v) is 6.36. The summed E-state index contributed by atoms with van der Waals surface area (Å²) in [5.41, 5.74) is 1.72. The number of hydrogen-bond acceptors (Lipinski definition) is 3. The number of carbonyl (C=O) groups excluding carboxylic acids is 1. The van der Waals surface area contributed by atoms with Gasteiger partial charge in [0.1, 0.15) is 0 Å². The van der Waals surface area contributed by atoms with Crippen LogP contribution in [0.25, 0.3) is 10.9 Å². The Morgan fingerprint density at radius 1 is 1.00 bits per heavy atom. The van der Waals surface area contributed by atoms with Crippen LogP contribution in [0.1, 0.15) is 12.8 Å². The molecular formula is C19H18N2OS. The van der Waals surface area contributed by atoms with Gasteiger partial charge in [-0.1, -0.05) is 24.3 Å². The molecule has 2 aromatic carbocycles. The molecule has 1 N–H and O–H groups in total. The molecule has 1 amide bonds. The lowest BCUT2D eigenvalue weighted by Crippen LogP contribution is -2.11. The van der Waals surface area contributed by atoms with Crippen molar-refractivity contribution >= 4 is 34.3 Å². The highest BCUT2D eigenvalue weighted by atomic mass is 32.2. The molecule has 0 bridgehead atoms. The van der Waals surface area contributed by atoms with E-state index in [1.165, 1.54) is 4.90 Å². The van der Waals surface area contributed by atoms with Crippen LogP contribution in [0.15, 0.2) is 71.8 Å². The number of rotatable bonds is 6. The summed E-state index contributed by atoms with van der Waals surface area (Å²) in [7, 11) is 0. The predicted molar refractivity (Wildman–Crippen MR) is 96.8 cm³/mol. The van der Waals surface area contributed by atoms with E-state index in [0.717, 1.165) is 28.8 Å². The van der Waals surface area contributed by atoms with Crippen LogP contribution in [0, 0.1) is 0 Å². The number of benzene rings is 2. The summed E-state index contributed by atoms with van der Waals surface area (Å²) >= 11 is 1.78. The average molecular weight is 322 g/mol. The van der Waals surface area contributed by atoms with Crippen LogP contribution in [0.5, 0.6) is 0 Å². The molecule has 23 heavy (non-hydrogen) atoms. The molecule has 1 aromatic heterocycles. The molecule has 3 nitrogen and oxygen atoms in total. The first-order chi connectivity index (χ1) is 11.3. The summed E-state index contributed by atoms with van der Waals surface area (Å²) in [5, 5.41) is 3.97. The zero-order chi connectivity index (χ0) is 15.9. The van der Waals surface area contributed by atoms with Gasteiger partial charge in [-0.2, -0.15) is 0 Å². The van der Waals surface area contributed by atoms with Gasteiger partial charge in [0, 0.05) is 22.9 Å². The molecule has 0 aliphatic carbocycles. The summed E-state index contributed by atoms with van der Waals surface area (Å²) in [4.78, 5) is 17.7. The highest BCUT2D eigenvalue weighted by Gasteiger charge is 2.06. The van der Waals surface area contributed by atoms with Crippen molar-refractivity contribution in [1.82, 2.24) is 4.98 Å². The summed E-state index contributed by atoms with van der Waals surface area (Å²) in [6, 6.07) is 19.9. The van der Waals surface area contributed by atoms with Gasteiger partial charge in [-0.25, -0.2) is 0 Å². The van der Waals surface area contributed by atoms with E-state index in [2.05, 4.69) is 22.4 Å². The van der Waals surface area contributed by atoms with Crippen LogP contribution in [-0.4, -0.2) is 16.6 Å². The maximum atomic E-state index is 12.1. The second kappa shape index (κ2) is 7.79. The van der Waals surface area contributed by atoms with Crippen molar-refractivity contribution in [2.24, 2.45) is 0 Å². The van der Waals surface area contributed by atoms with Crippen molar-refractivity contribution < 1.29 is 4.79 Å². The van der Waals surface area contributed by atoms with Gasteiger partial charge in [0.15, 0.2) is 0 Å². The first-order valence-electron chi connectivity index (χ1n) is 7.64. The van der Waals surface area contributed by atoms with E-state index in [4.69, 9.17) is 0 Å². The van der Waals surface area contributed by atoms with E-state index in [1.54, 1.807) is 18.0 Å². The van der Waals surface area contributed by atoms with Crippen LogP contribution in [0.4, 0.5) is 5.69 Å². The molecule has 0 aliphatic heterocycles. The number of amides is 1. The smallest absolute Gasteiger partial charge is 0.224 e. The number of fused-ring (bicyclic) bond motifs is 1. The van der Waals surface area contributed by atoms with Gasteiger partial charge in [0.2, 0.25) is 5.91 Å². The Balaban J connectivity index is 1.51. The van der Waals surface area contributed by atoms with Crippen molar-refractivity contribution in [1.29, 1.82) is 0 Å². The zero-order valence-electron chi connectivity index (χ0n) is 12.7. The van der Waals surface area contributed by atoms with Gasteiger partial charge in [0.05, 0.1) is 11.2 Å². The first-order valence-corrected chi connectivity index (χ1v) is 8.63. The van der Waals surface area contributed by atoms with Crippen molar-refractivity contribution in [3.05, 3.63) is 66.9 Å². The SMILES string of the molecule is O=C(CCCSc1ccccc1)Nc1cccc2ncccc12. The van der Waals surface area contributed by atoms with Gasteiger partial charge >= 0.3 is 0 Å². The number of hydrogen-bond donors (Lipinski definition) is 1. The summed E-state index contributed by atoms with van der Waals surface area (Å²) in [6.45, 7) is 0. The van der Waals surface area contributed by atoms with Crippen molar-refractivity contribution in [3.63, 3.8) is 0 Å². The van der Waals surface area contributed by atoms with Crippen LogP contribution in [0.2, 0.25) is 0 Å². The van der Waals surface area contributed by atoms with E-state index in [9.17, 15) is 4.79 Å². The van der Waals surface area contributed by atoms with E-state index in [0.29, 0.717) is 6.42 Å². The van der Waals surface area contributed by atoms with E-state index in [1.807, 2.05) is 48.5 Å². The third kappa shape index (κ3) is 4.33. The highest BCUT2D eigenvalue weighted by Crippen LogP contribution is 2.22. The maximum absolute atomic E-state index is 12.1. The lowest BCUT2D eigenvalue weighted by Gasteiger charge is -2.08. The van der Waals surface area contributed by atoms with E-state index in [-0.39, 0.29) is 5.91 Å². The fourth-order valence-electron chi connectivity index (χ4n) is 2.36. The predicted octanol–water partition coefficient (Wildman–Crippen LogP) is 4.75. The minimum Gasteiger partial charge on any atom is -0.325 e. The molecule has 1 heterocycles. The Morgan fingerprint density at radius 3 is 2.74 bits per heavy atom. The molecule has 3 rings (SSSR count). The molecule has 0 radical (unpaired) electrons. The molecule has 0 spiro atoms. The molecule has 0 aliphatic rings. The topological polar surface area (TPSA) is 42.0 Å². The minimum atomic E-state index is 0.0509. The van der Waals surface area contributed by atoms with Gasteiger partial charge in [-0.3, -0.25) is 9.78 Å². The lowest BCUT2D eigenvalue weighted by molar-refractivity contribution is -0.116. The van der Waals surface area contributed by atoms with Gasteiger partial charge in [-0.05, 0) is 48.6 Å². The van der Waals surface area contributed by atoms with Crippen LogP contribution >= 0.6 is 11.8 Å². The maximum Gasteiger partial charge on any atom is 0.224 e. The van der Waals surface area contributed by atoms with Gasteiger partial charge in [-0.15, -0.1) is 11.8 Å². The Kier molecular flexibility index (Phi) is 5.27. The van der Waals surface area contributed by atoms with Crippen LogP contribution in [-0.2, 0) is 4.79 Å². The summed E-state index contributed by atoms with van der Waals surface area (Å²) < 4.78 is 0. The second-order valence-electron chi connectivity index (χ2n) is 5.19. The van der Waals surface area contributed by atoms with Gasteiger partial charge in [0.25, 0.3) is 0 Å². The molecular weight excluding hydrogens is 304 g/mol.